The summed E-state index contributed by atoms with van der Waals surface area (Å²) in [5, 5.41) is 8.46. The van der Waals surface area contributed by atoms with Gasteiger partial charge in [-0.15, -0.1) is 0 Å². The zero-order valence-electron chi connectivity index (χ0n) is 7.12. The van der Waals surface area contributed by atoms with Crippen LogP contribution >= 0.6 is 0 Å². The fraction of sp³-hybridized carbons (Fsp3) is 0.750. The van der Waals surface area contributed by atoms with Crippen molar-refractivity contribution in [1.29, 1.82) is 0 Å². The number of carboxylic acid groups (broad SMARTS) is 1. The lowest BCUT2D eigenvalue weighted by molar-refractivity contribution is -0.157. The first-order chi connectivity index (χ1) is 5.63. The van der Waals surface area contributed by atoms with Crippen molar-refractivity contribution in [3.63, 3.8) is 0 Å². The summed E-state index contributed by atoms with van der Waals surface area (Å²) in [5.41, 5.74) is 0. The first-order valence-electron chi connectivity index (χ1n) is 4.17. The molecule has 1 rings (SSSR count). The van der Waals surface area contributed by atoms with Crippen molar-refractivity contribution < 1.29 is 14.7 Å². The van der Waals surface area contributed by atoms with Gasteiger partial charge in [-0.25, -0.2) is 4.79 Å². The minimum atomic E-state index is -1.34. The number of carbonyl (C=O) groups is 2. The first kappa shape index (κ1) is 9.03. The third kappa shape index (κ3) is 1.75. The lowest BCUT2D eigenvalue weighted by Crippen LogP contribution is -2.45. The summed E-state index contributed by atoms with van der Waals surface area (Å²) in [6, 6.07) is 0.0855. The molecule has 1 saturated heterocycles. The van der Waals surface area contributed by atoms with Crippen LogP contribution in [0.3, 0.4) is 0 Å². The standard InChI is InChI=1S/C8H13NO3/c1-6-4-2-3-5-9(6)7(10)8(11)12/h6H,2-5H2,1H3,(H,11,12)/t6-/m1/s1. The van der Waals surface area contributed by atoms with Crippen molar-refractivity contribution in [2.45, 2.75) is 32.2 Å². The zero-order valence-corrected chi connectivity index (χ0v) is 7.12. The van der Waals surface area contributed by atoms with Crippen LogP contribution in [0.2, 0.25) is 0 Å². The monoisotopic (exact) mass is 171 g/mol. The van der Waals surface area contributed by atoms with E-state index in [1.807, 2.05) is 6.92 Å². The van der Waals surface area contributed by atoms with E-state index in [2.05, 4.69) is 0 Å². The van der Waals surface area contributed by atoms with Gasteiger partial charge in [-0.05, 0) is 26.2 Å². The Hall–Kier alpha value is -1.06. The summed E-state index contributed by atoms with van der Waals surface area (Å²) in [6.07, 6.45) is 2.92. The maximum atomic E-state index is 11.0. The van der Waals surface area contributed by atoms with Crippen LogP contribution in [0, 0.1) is 0 Å². The van der Waals surface area contributed by atoms with Gasteiger partial charge in [0.25, 0.3) is 0 Å². The Morgan fingerprint density at radius 1 is 1.42 bits per heavy atom. The minimum Gasteiger partial charge on any atom is -0.474 e. The highest BCUT2D eigenvalue weighted by Gasteiger charge is 2.27. The maximum absolute atomic E-state index is 11.0. The molecule has 4 heteroatoms. The zero-order chi connectivity index (χ0) is 9.14. The number of nitrogens with zero attached hydrogens (tertiary/aromatic N) is 1. The number of carbonyl (C=O) groups excluding carboxylic acids is 1. The van der Waals surface area contributed by atoms with Crippen LogP contribution in [0.5, 0.6) is 0 Å². The van der Waals surface area contributed by atoms with E-state index in [4.69, 9.17) is 5.11 Å². The highest BCUT2D eigenvalue weighted by atomic mass is 16.4. The molecule has 0 unspecified atom stereocenters. The maximum Gasteiger partial charge on any atom is 0.394 e. The van der Waals surface area contributed by atoms with E-state index in [9.17, 15) is 9.59 Å². The van der Waals surface area contributed by atoms with E-state index in [1.165, 1.54) is 4.90 Å². The summed E-state index contributed by atoms with van der Waals surface area (Å²) in [6.45, 7) is 2.48. The summed E-state index contributed by atoms with van der Waals surface area (Å²) in [7, 11) is 0. The van der Waals surface area contributed by atoms with E-state index in [0.717, 1.165) is 19.3 Å². The second kappa shape index (κ2) is 3.56. The van der Waals surface area contributed by atoms with E-state index < -0.39 is 11.9 Å². The molecule has 4 nitrogen and oxygen atoms in total. The number of rotatable bonds is 0. The van der Waals surface area contributed by atoms with E-state index in [-0.39, 0.29) is 6.04 Å². The van der Waals surface area contributed by atoms with Crippen molar-refractivity contribution in [2.75, 3.05) is 6.54 Å². The Bertz CT molecular complexity index is 202. The highest BCUT2D eigenvalue weighted by Crippen LogP contribution is 2.16. The van der Waals surface area contributed by atoms with Crippen molar-refractivity contribution in [3.8, 4) is 0 Å². The molecular weight excluding hydrogens is 158 g/mol. The number of piperidine rings is 1. The number of hydrogen-bond donors (Lipinski definition) is 1. The predicted molar refractivity (Wildman–Crippen MR) is 42.7 cm³/mol. The fourth-order valence-corrected chi connectivity index (χ4v) is 1.52. The third-order valence-electron chi connectivity index (χ3n) is 2.25. The van der Waals surface area contributed by atoms with Crippen LogP contribution in [0.4, 0.5) is 0 Å². The van der Waals surface area contributed by atoms with Gasteiger partial charge in [0.15, 0.2) is 0 Å². The number of hydrogen-bond acceptors (Lipinski definition) is 2. The van der Waals surface area contributed by atoms with Gasteiger partial charge in [0.1, 0.15) is 0 Å². The molecule has 0 spiro atoms. The van der Waals surface area contributed by atoms with Gasteiger partial charge in [0.05, 0.1) is 0 Å². The Balaban J connectivity index is 2.59. The highest BCUT2D eigenvalue weighted by molar-refractivity contribution is 6.31. The van der Waals surface area contributed by atoms with Gasteiger partial charge < -0.3 is 10.0 Å². The van der Waals surface area contributed by atoms with Crippen LogP contribution in [-0.4, -0.2) is 34.5 Å². The first-order valence-corrected chi connectivity index (χ1v) is 4.17. The van der Waals surface area contributed by atoms with E-state index in [1.54, 1.807) is 0 Å². The quantitative estimate of drug-likeness (QED) is 0.539. The SMILES string of the molecule is C[C@@H]1CCCCN1C(=O)C(=O)O. The third-order valence-corrected chi connectivity index (χ3v) is 2.25. The molecular formula is C8H13NO3. The number of likely N-dealkylation sites (tertiary alicyclic amines) is 1. The van der Waals surface area contributed by atoms with E-state index >= 15 is 0 Å². The van der Waals surface area contributed by atoms with Crippen LogP contribution in [-0.2, 0) is 9.59 Å². The molecule has 1 amide bonds. The number of amides is 1. The number of aliphatic carboxylic acids is 1. The smallest absolute Gasteiger partial charge is 0.394 e. The Labute approximate surface area is 71.2 Å². The summed E-state index contributed by atoms with van der Waals surface area (Å²) < 4.78 is 0. The van der Waals surface area contributed by atoms with Crippen LogP contribution < -0.4 is 0 Å². The average molecular weight is 171 g/mol. The fourth-order valence-electron chi connectivity index (χ4n) is 1.52. The van der Waals surface area contributed by atoms with Gasteiger partial charge in [-0.2, -0.15) is 0 Å². The molecule has 1 aliphatic heterocycles. The topological polar surface area (TPSA) is 57.6 Å². The second-order valence-corrected chi connectivity index (χ2v) is 3.15. The van der Waals surface area contributed by atoms with Gasteiger partial charge in [-0.1, -0.05) is 0 Å². The normalized spacial score (nSPS) is 23.8. The Morgan fingerprint density at radius 2 is 2.08 bits per heavy atom. The molecule has 0 radical (unpaired) electrons. The van der Waals surface area contributed by atoms with Gasteiger partial charge >= 0.3 is 11.9 Å². The molecule has 1 atom stereocenters. The lowest BCUT2D eigenvalue weighted by Gasteiger charge is -2.31. The molecule has 1 N–H and O–H groups in total. The molecule has 0 aromatic rings. The van der Waals surface area contributed by atoms with Gasteiger partial charge in [-0.3, -0.25) is 4.79 Å². The largest absolute Gasteiger partial charge is 0.474 e. The average Bonchev–Trinajstić information content (AvgIpc) is 2.04. The molecule has 0 bridgehead atoms. The van der Waals surface area contributed by atoms with Crippen molar-refractivity contribution in [2.24, 2.45) is 0 Å². The van der Waals surface area contributed by atoms with E-state index in [0.29, 0.717) is 6.54 Å². The Morgan fingerprint density at radius 3 is 2.58 bits per heavy atom. The second-order valence-electron chi connectivity index (χ2n) is 3.15. The summed E-state index contributed by atoms with van der Waals surface area (Å²) >= 11 is 0. The minimum absolute atomic E-state index is 0.0855. The molecule has 0 saturated carbocycles. The summed E-state index contributed by atoms with van der Waals surface area (Å²) in [5.74, 6) is -2.11. The molecule has 0 aromatic heterocycles. The van der Waals surface area contributed by atoms with Crippen molar-refractivity contribution >= 4 is 11.9 Å². The summed E-state index contributed by atoms with van der Waals surface area (Å²) in [4.78, 5) is 22.8. The van der Waals surface area contributed by atoms with Crippen molar-refractivity contribution in [3.05, 3.63) is 0 Å². The van der Waals surface area contributed by atoms with Gasteiger partial charge in [0.2, 0.25) is 0 Å². The molecule has 1 fully saturated rings. The van der Waals surface area contributed by atoms with Crippen molar-refractivity contribution in [1.82, 2.24) is 4.90 Å². The van der Waals surface area contributed by atoms with Crippen LogP contribution in [0.25, 0.3) is 0 Å². The van der Waals surface area contributed by atoms with Crippen LogP contribution in [0.1, 0.15) is 26.2 Å². The molecule has 12 heavy (non-hydrogen) atoms. The number of carboxylic acids is 1. The van der Waals surface area contributed by atoms with Gasteiger partial charge in [0, 0.05) is 12.6 Å². The molecule has 0 aliphatic carbocycles. The molecule has 1 heterocycles. The lowest BCUT2D eigenvalue weighted by atomic mass is 10.0. The molecule has 1 aliphatic rings. The molecule has 68 valence electrons. The molecule has 0 aromatic carbocycles. The Kier molecular flexibility index (Phi) is 2.68. The predicted octanol–water partition coefficient (Wildman–Crippen LogP) is 0.472. The van der Waals surface area contributed by atoms with Crippen LogP contribution in [0.15, 0.2) is 0 Å².